The first-order valence-electron chi connectivity index (χ1n) is 13.5. The first-order chi connectivity index (χ1) is 21.2. The minimum atomic E-state index is -1.29. The first kappa shape index (κ1) is 32.8. The lowest BCUT2D eigenvalue weighted by atomic mass is 10.0. The van der Waals surface area contributed by atoms with Crippen molar-refractivity contribution in [1.29, 1.82) is 0 Å². The number of hydrogen-bond acceptors (Lipinski definition) is 8. The number of rotatable bonds is 13. The fourth-order valence-electron chi connectivity index (χ4n) is 4.48. The van der Waals surface area contributed by atoms with E-state index in [0.717, 1.165) is 12.0 Å². The summed E-state index contributed by atoms with van der Waals surface area (Å²) in [5, 5.41) is 8.92. The van der Waals surface area contributed by atoms with E-state index in [1.165, 1.54) is 32.2 Å². The fourth-order valence-corrected chi connectivity index (χ4v) is 4.48. The van der Waals surface area contributed by atoms with Gasteiger partial charge in [0.15, 0.2) is 0 Å². The van der Waals surface area contributed by atoms with Gasteiger partial charge in [0.1, 0.15) is 12.6 Å². The van der Waals surface area contributed by atoms with Gasteiger partial charge in [-0.1, -0.05) is 65.8 Å². The number of methoxy groups -OCH3 is 2. The summed E-state index contributed by atoms with van der Waals surface area (Å²) in [4.78, 5) is 68.7. The Morgan fingerprint density at radius 3 is 2.18 bits per heavy atom. The largest absolute Gasteiger partial charge is 0.469 e. The van der Waals surface area contributed by atoms with Crippen LogP contribution in [0.1, 0.15) is 40.9 Å². The second-order valence-corrected chi connectivity index (χ2v) is 9.58. The third-order valence-corrected chi connectivity index (χ3v) is 6.53. The van der Waals surface area contributed by atoms with E-state index in [1.807, 2.05) is 0 Å². The Bertz CT molecular complexity index is 1540. The van der Waals surface area contributed by atoms with Gasteiger partial charge in [0, 0.05) is 23.9 Å². The monoisotopic (exact) mass is 600 g/mol. The summed E-state index contributed by atoms with van der Waals surface area (Å²) < 4.78 is 9.84. The van der Waals surface area contributed by atoms with E-state index in [-0.39, 0.29) is 29.8 Å². The molecule has 13 nitrogen and oxygen atoms in total. The van der Waals surface area contributed by atoms with Crippen LogP contribution in [-0.4, -0.2) is 61.4 Å². The van der Waals surface area contributed by atoms with Crippen molar-refractivity contribution in [1.82, 2.24) is 10.2 Å². The molecule has 0 fully saturated rings. The molecule has 0 radical (unpaired) electrons. The smallest absolute Gasteiger partial charge is 0.328 e. The molecule has 0 spiro atoms. The van der Waals surface area contributed by atoms with Crippen LogP contribution in [0.15, 0.2) is 84.0 Å². The molecule has 0 saturated heterocycles. The maximum atomic E-state index is 14.2. The van der Waals surface area contributed by atoms with Crippen molar-refractivity contribution in [3.05, 3.63) is 106 Å². The Morgan fingerprint density at radius 1 is 0.932 bits per heavy atom. The van der Waals surface area contributed by atoms with Gasteiger partial charge in [-0.3, -0.25) is 19.2 Å². The Hall–Kier alpha value is -5.68. The normalized spacial score (nSPS) is 11.6. The first-order valence-corrected chi connectivity index (χ1v) is 13.5. The lowest BCUT2D eigenvalue weighted by molar-refractivity contribution is -0.146. The Balaban J connectivity index is 2.08. The lowest BCUT2D eigenvalue weighted by Gasteiger charge is -2.31. The van der Waals surface area contributed by atoms with Crippen molar-refractivity contribution in [2.45, 2.75) is 31.8 Å². The van der Waals surface area contributed by atoms with Crippen LogP contribution in [0, 0.1) is 0 Å². The molecule has 0 aliphatic rings. The highest BCUT2D eigenvalue weighted by Gasteiger charge is 2.35. The Morgan fingerprint density at radius 2 is 1.59 bits per heavy atom. The van der Waals surface area contributed by atoms with Crippen LogP contribution < -0.4 is 10.6 Å². The van der Waals surface area contributed by atoms with Crippen LogP contribution >= 0.6 is 0 Å². The fraction of sp³-hybridized carbons (Fsp3) is 0.258. The molecular formula is C31H32N6O7. The molecular weight excluding hydrogens is 568 g/mol. The molecule has 3 aromatic carbocycles. The zero-order valence-corrected chi connectivity index (χ0v) is 24.4. The molecule has 0 saturated carbocycles. The number of amides is 3. The molecule has 0 bridgehead atoms. The number of anilines is 1. The number of ether oxygens (including phenoxy) is 2. The van der Waals surface area contributed by atoms with E-state index >= 15 is 0 Å². The van der Waals surface area contributed by atoms with Gasteiger partial charge in [0.2, 0.25) is 11.8 Å². The SMILES string of the molecule is COC(=O)C[C@H](NC(=O)CN(C(=O)c1cc(NC(C)=O)ccc1N=[N+]=[N-])[C@H](Cc1ccccc1)C(=O)OC)c1ccccc1. The number of azide groups is 1. The van der Waals surface area contributed by atoms with Gasteiger partial charge in [0.05, 0.1) is 37.9 Å². The number of esters is 2. The van der Waals surface area contributed by atoms with E-state index in [0.29, 0.717) is 11.1 Å². The molecule has 2 N–H and O–H groups in total. The van der Waals surface area contributed by atoms with Crippen molar-refractivity contribution in [2.24, 2.45) is 5.11 Å². The third kappa shape index (κ3) is 9.16. The second kappa shape index (κ2) is 16.1. The predicted molar refractivity (Wildman–Crippen MR) is 160 cm³/mol. The molecule has 0 aliphatic heterocycles. The quantitative estimate of drug-likeness (QED) is 0.127. The standard InChI is InChI=1S/C31H32N6O7/c1-20(38)33-23-14-15-25(35-36-32)24(17-23)30(41)37(27(31(42)44-3)16-21-10-6-4-7-11-21)19-28(39)34-26(18-29(40)43-2)22-12-8-5-9-13-22/h4-15,17,26-27H,16,18-19H2,1-3H3,(H,33,38)(H,34,39)/t26-,27+/m0/s1. The van der Waals surface area contributed by atoms with Gasteiger partial charge < -0.3 is 25.0 Å². The summed E-state index contributed by atoms with van der Waals surface area (Å²) in [6.07, 6.45) is -0.205. The van der Waals surface area contributed by atoms with Crippen LogP contribution in [0.5, 0.6) is 0 Å². The summed E-state index contributed by atoms with van der Waals surface area (Å²) in [5.41, 5.74) is 10.4. The average molecular weight is 601 g/mol. The molecule has 0 heterocycles. The van der Waals surface area contributed by atoms with E-state index in [4.69, 9.17) is 15.0 Å². The average Bonchev–Trinajstić information content (AvgIpc) is 3.03. The van der Waals surface area contributed by atoms with Crippen molar-refractivity contribution in [2.75, 3.05) is 26.1 Å². The molecule has 0 unspecified atom stereocenters. The van der Waals surface area contributed by atoms with Gasteiger partial charge in [0.25, 0.3) is 5.91 Å². The van der Waals surface area contributed by atoms with E-state index in [1.54, 1.807) is 60.7 Å². The highest BCUT2D eigenvalue weighted by atomic mass is 16.5. The van der Waals surface area contributed by atoms with Crippen LogP contribution in [0.4, 0.5) is 11.4 Å². The second-order valence-electron chi connectivity index (χ2n) is 9.58. The minimum absolute atomic E-state index is 0.0148. The summed E-state index contributed by atoms with van der Waals surface area (Å²) in [7, 11) is 2.39. The molecule has 44 heavy (non-hydrogen) atoms. The molecule has 2 atom stereocenters. The number of hydrogen-bond donors (Lipinski definition) is 2. The van der Waals surface area contributed by atoms with Crippen molar-refractivity contribution in [3.63, 3.8) is 0 Å². The zero-order valence-electron chi connectivity index (χ0n) is 24.4. The summed E-state index contributed by atoms with van der Waals surface area (Å²) in [6.45, 7) is 0.639. The van der Waals surface area contributed by atoms with Crippen LogP contribution in [0.25, 0.3) is 10.4 Å². The van der Waals surface area contributed by atoms with Gasteiger partial charge in [-0.2, -0.15) is 0 Å². The third-order valence-electron chi connectivity index (χ3n) is 6.53. The number of benzene rings is 3. The van der Waals surface area contributed by atoms with Crippen molar-refractivity contribution in [3.8, 4) is 0 Å². The molecule has 3 rings (SSSR count). The summed E-state index contributed by atoms with van der Waals surface area (Å²) in [6, 6.07) is 19.5. The molecule has 3 amide bonds. The molecule has 228 valence electrons. The van der Waals surface area contributed by atoms with Crippen molar-refractivity contribution < 1.29 is 33.4 Å². The topological polar surface area (TPSA) is 180 Å². The number of nitrogens with one attached hydrogen (secondary N) is 2. The summed E-state index contributed by atoms with van der Waals surface area (Å²) in [5.74, 6) is -3.32. The van der Waals surface area contributed by atoms with E-state index in [2.05, 4.69) is 20.7 Å². The lowest BCUT2D eigenvalue weighted by Crippen LogP contribution is -2.51. The summed E-state index contributed by atoms with van der Waals surface area (Å²) >= 11 is 0. The van der Waals surface area contributed by atoms with Gasteiger partial charge in [-0.25, -0.2) is 4.79 Å². The highest BCUT2D eigenvalue weighted by Crippen LogP contribution is 2.27. The Labute approximate surface area is 253 Å². The highest BCUT2D eigenvalue weighted by molar-refractivity contribution is 6.04. The maximum absolute atomic E-state index is 14.2. The molecule has 13 heteroatoms. The molecule has 0 aromatic heterocycles. The minimum Gasteiger partial charge on any atom is -0.469 e. The van der Waals surface area contributed by atoms with Gasteiger partial charge >= 0.3 is 11.9 Å². The number of carbonyl (C=O) groups is 5. The Kier molecular flexibility index (Phi) is 12.0. The van der Waals surface area contributed by atoms with Gasteiger partial charge in [-0.05, 0) is 34.9 Å². The van der Waals surface area contributed by atoms with Crippen LogP contribution in [0.2, 0.25) is 0 Å². The number of carbonyl (C=O) groups excluding carboxylic acids is 5. The zero-order chi connectivity index (χ0) is 32.1. The van der Waals surface area contributed by atoms with Crippen LogP contribution in [-0.2, 0) is 35.1 Å². The van der Waals surface area contributed by atoms with E-state index < -0.39 is 48.3 Å². The maximum Gasteiger partial charge on any atom is 0.328 e. The van der Waals surface area contributed by atoms with Gasteiger partial charge in [-0.15, -0.1) is 0 Å². The van der Waals surface area contributed by atoms with Crippen LogP contribution in [0.3, 0.4) is 0 Å². The van der Waals surface area contributed by atoms with Crippen molar-refractivity contribution >= 4 is 41.0 Å². The number of nitrogens with zero attached hydrogens (tertiary/aromatic N) is 4. The molecule has 0 aliphatic carbocycles. The van der Waals surface area contributed by atoms with E-state index in [9.17, 15) is 24.0 Å². The predicted octanol–water partition coefficient (Wildman–Crippen LogP) is 4.23. The molecule has 3 aromatic rings.